The second kappa shape index (κ2) is 5.64. The van der Waals surface area contributed by atoms with Gasteiger partial charge in [0.05, 0.1) is 0 Å². The summed E-state index contributed by atoms with van der Waals surface area (Å²) in [4.78, 5) is 2.62. The zero-order valence-electron chi connectivity index (χ0n) is 12.2. The van der Waals surface area contributed by atoms with Crippen LogP contribution in [0.25, 0.3) is 0 Å². The van der Waals surface area contributed by atoms with Crippen LogP contribution < -0.4 is 5.32 Å². The van der Waals surface area contributed by atoms with Gasteiger partial charge in [-0.15, -0.1) is 0 Å². The zero-order valence-corrected chi connectivity index (χ0v) is 12.2. The van der Waals surface area contributed by atoms with Gasteiger partial charge in [-0.05, 0) is 42.3 Å². The lowest BCUT2D eigenvalue weighted by atomic mass is 9.94. The summed E-state index contributed by atoms with van der Waals surface area (Å²) >= 11 is 0. The fourth-order valence-corrected chi connectivity index (χ4v) is 3.53. The Morgan fingerprint density at radius 3 is 2.68 bits per heavy atom. The lowest BCUT2D eigenvalue weighted by molar-refractivity contribution is 0.312. The van der Waals surface area contributed by atoms with Gasteiger partial charge in [0.2, 0.25) is 0 Å². The van der Waals surface area contributed by atoms with Gasteiger partial charge in [-0.2, -0.15) is 0 Å². The molecule has 2 aliphatic rings. The van der Waals surface area contributed by atoms with E-state index in [1.165, 1.54) is 43.6 Å². The molecule has 0 aliphatic carbocycles. The van der Waals surface area contributed by atoms with Crippen LogP contribution in [-0.4, -0.2) is 30.6 Å². The fourth-order valence-electron chi connectivity index (χ4n) is 3.53. The minimum Gasteiger partial charge on any atom is -0.312 e. The van der Waals surface area contributed by atoms with Gasteiger partial charge in [-0.1, -0.05) is 38.1 Å². The molecule has 2 heteroatoms. The Kier molecular flexibility index (Phi) is 3.90. The van der Waals surface area contributed by atoms with E-state index in [-0.39, 0.29) is 0 Å². The molecule has 2 nitrogen and oxygen atoms in total. The molecular formula is C17H26N2. The molecule has 0 saturated carbocycles. The number of benzene rings is 1. The highest BCUT2D eigenvalue weighted by atomic mass is 15.2. The number of rotatable bonds is 3. The maximum Gasteiger partial charge on any atom is 0.0235 e. The summed E-state index contributed by atoms with van der Waals surface area (Å²) in [5.74, 6) is 1.52. The van der Waals surface area contributed by atoms with Crippen molar-refractivity contribution in [2.45, 2.75) is 45.2 Å². The first-order valence-electron chi connectivity index (χ1n) is 7.77. The zero-order chi connectivity index (χ0) is 13.2. The Hall–Kier alpha value is -0.860. The third-order valence-corrected chi connectivity index (χ3v) is 4.73. The van der Waals surface area contributed by atoms with Gasteiger partial charge < -0.3 is 5.32 Å². The van der Waals surface area contributed by atoms with Crippen LogP contribution in [0.1, 0.15) is 43.7 Å². The molecule has 3 rings (SSSR count). The number of nitrogens with zero attached hydrogens (tertiary/aromatic N) is 1. The number of piperidine rings is 1. The van der Waals surface area contributed by atoms with Crippen molar-refractivity contribution in [1.29, 1.82) is 0 Å². The van der Waals surface area contributed by atoms with E-state index in [1.54, 1.807) is 0 Å². The van der Waals surface area contributed by atoms with E-state index in [1.807, 2.05) is 0 Å². The van der Waals surface area contributed by atoms with Gasteiger partial charge in [0, 0.05) is 25.7 Å². The van der Waals surface area contributed by atoms with Crippen molar-refractivity contribution in [3.8, 4) is 0 Å². The van der Waals surface area contributed by atoms with Crippen LogP contribution in [0.4, 0.5) is 0 Å². The molecule has 104 valence electrons. The number of likely N-dealkylation sites (tertiary alicyclic amines) is 1. The highest BCUT2D eigenvalue weighted by Gasteiger charge is 2.33. The SMILES string of the molecule is CC(C)c1ccc(CN2C[C@@H]3CCCN[C@@H]3C2)cc1. The van der Waals surface area contributed by atoms with Gasteiger partial charge in [0.25, 0.3) is 0 Å². The lowest BCUT2D eigenvalue weighted by Crippen LogP contribution is -2.40. The van der Waals surface area contributed by atoms with Crippen LogP contribution in [0.15, 0.2) is 24.3 Å². The topological polar surface area (TPSA) is 15.3 Å². The van der Waals surface area contributed by atoms with E-state index in [9.17, 15) is 0 Å². The van der Waals surface area contributed by atoms with Crippen molar-refractivity contribution < 1.29 is 0 Å². The van der Waals surface area contributed by atoms with E-state index >= 15 is 0 Å². The molecule has 0 radical (unpaired) electrons. The van der Waals surface area contributed by atoms with Crippen molar-refractivity contribution in [2.24, 2.45) is 5.92 Å². The Morgan fingerprint density at radius 1 is 1.21 bits per heavy atom. The third-order valence-electron chi connectivity index (χ3n) is 4.73. The van der Waals surface area contributed by atoms with E-state index < -0.39 is 0 Å². The molecule has 1 N–H and O–H groups in total. The van der Waals surface area contributed by atoms with Crippen LogP contribution >= 0.6 is 0 Å². The van der Waals surface area contributed by atoms with E-state index in [2.05, 4.69) is 48.3 Å². The van der Waals surface area contributed by atoms with Gasteiger partial charge in [-0.3, -0.25) is 4.90 Å². The standard InChI is InChI=1S/C17H26N2/c1-13(2)15-7-5-14(6-8-15)10-19-11-16-4-3-9-18-17(16)12-19/h5-8,13,16-18H,3-4,9-12H2,1-2H3/t16-,17+/m0/s1. The predicted octanol–water partition coefficient (Wildman–Crippen LogP) is 2.99. The summed E-state index contributed by atoms with van der Waals surface area (Å²) in [5, 5.41) is 3.68. The largest absolute Gasteiger partial charge is 0.312 e. The molecule has 0 bridgehead atoms. The summed E-state index contributed by atoms with van der Waals surface area (Å²) in [6.07, 6.45) is 2.78. The summed E-state index contributed by atoms with van der Waals surface area (Å²) in [6, 6.07) is 9.96. The maximum absolute atomic E-state index is 3.68. The van der Waals surface area contributed by atoms with Crippen molar-refractivity contribution in [1.82, 2.24) is 10.2 Å². The van der Waals surface area contributed by atoms with Crippen LogP contribution in [0.5, 0.6) is 0 Å². The van der Waals surface area contributed by atoms with Crippen LogP contribution in [0, 0.1) is 5.92 Å². The second-order valence-corrected chi connectivity index (χ2v) is 6.55. The number of hydrogen-bond acceptors (Lipinski definition) is 2. The molecule has 2 aliphatic heterocycles. The fraction of sp³-hybridized carbons (Fsp3) is 0.647. The molecule has 0 spiro atoms. The van der Waals surface area contributed by atoms with Crippen LogP contribution in [0.3, 0.4) is 0 Å². The smallest absolute Gasteiger partial charge is 0.0235 e. The maximum atomic E-state index is 3.68. The average Bonchev–Trinajstić information content (AvgIpc) is 2.81. The summed E-state index contributed by atoms with van der Waals surface area (Å²) in [5.41, 5.74) is 2.91. The Bertz CT molecular complexity index is 396. The molecule has 1 aromatic rings. The molecular weight excluding hydrogens is 232 g/mol. The molecule has 2 heterocycles. The number of nitrogens with one attached hydrogen (secondary N) is 1. The first-order chi connectivity index (χ1) is 9.22. The van der Waals surface area contributed by atoms with E-state index in [0.29, 0.717) is 5.92 Å². The minimum absolute atomic E-state index is 0.632. The van der Waals surface area contributed by atoms with Gasteiger partial charge in [-0.25, -0.2) is 0 Å². The Balaban J connectivity index is 1.59. The number of hydrogen-bond donors (Lipinski definition) is 1. The van der Waals surface area contributed by atoms with Gasteiger partial charge in [0.1, 0.15) is 0 Å². The van der Waals surface area contributed by atoms with E-state index in [4.69, 9.17) is 0 Å². The predicted molar refractivity (Wildman–Crippen MR) is 80.3 cm³/mol. The molecule has 1 aromatic carbocycles. The average molecular weight is 258 g/mol. The highest BCUT2D eigenvalue weighted by Crippen LogP contribution is 2.26. The molecule has 0 aromatic heterocycles. The van der Waals surface area contributed by atoms with Crippen molar-refractivity contribution in [3.63, 3.8) is 0 Å². The molecule has 2 saturated heterocycles. The first kappa shape index (κ1) is 13.1. The summed E-state index contributed by atoms with van der Waals surface area (Å²) in [6.45, 7) is 9.36. The molecule has 0 amide bonds. The van der Waals surface area contributed by atoms with Crippen LogP contribution in [-0.2, 0) is 6.54 Å². The first-order valence-corrected chi connectivity index (χ1v) is 7.77. The highest BCUT2D eigenvalue weighted by molar-refractivity contribution is 5.24. The van der Waals surface area contributed by atoms with Crippen molar-refractivity contribution in [2.75, 3.05) is 19.6 Å². The molecule has 0 unspecified atom stereocenters. The van der Waals surface area contributed by atoms with Gasteiger partial charge in [0.15, 0.2) is 0 Å². The molecule has 2 atom stereocenters. The Morgan fingerprint density at radius 2 is 2.00 bits per heavy atom. The monoisotopic (exact) mass is 258 g/mol. The van der Waals surface area contributed by atoms with Crippen molar-refractivity contribution >= 4 is 0 Å². The van der Waals surface area contributed by atoms with Gasteiger partial charge >= 0.3 is 0 Å². The number of fused-ring (bicyclic) bond motifs is 1. The normalized spacial score (nSPS) is 27.7. The lowest BCUT2D eigenvalue weighted by Gasteiger charge is -2.24. The third kappa shape index (κ3) is 3.01. The van der Waals surface area contributed by atoms with E-state index in [0.717, 1.165) is 18.5 Å². The minimum atomic E-state index is 0.632. The van der Waals surface area contributed by atoms with Crippen molar-refractivity contribution in [3.05, 3.63) is 35.4 Å². The quantitative estimate of drug-likeness (QED) is 0.896. The molecule has 2 fully saturated rings. The molecule has 19 heavy (non-hydrogen) atoms. The Labute approximate surface area is 117 Å². The summed E-state index contributed by atoms with van der Waals surface area (Å²) < 4.78 is 0. The van der Waals surface area contributed by atoms with Crippen LogP contribution in [0.2, 0.25) is 0 Å². The second-order valence-electron chi connectivity index (χ2n) is 6.55. The summed E-state index contributed by atoms with van der Waals surface area (Å²) in [7, 11) is 0.